The molecular weight excluding hydrogens is 220 g/mol. The Morgan fingerprint density at radius 3 is 2.64 bits per heavy atom. The Balaban J connectivity index is 2.09. The highest BCUT2D eigenvalue weighted by Gasteiger charge is 2.22. The Morgan fingerprint density at radius 1 is 1.43 bits per heavy atom. The average molecular weight is 238 g/mol. The van der Waals surface area contributed by atoms with Crippen molar-refractivity contribution in [3.8, 4) is 0 Å². The molecule has 6 heteroatoms. The van der Waals surface area contributed by atoms with Crippen LogP contribution in [0.25, 0.3) is 0 Å². The summed E-state index contributed by atoms with van der Waals surface area (Å²) in [5, 5.41) is 4.00. The maximum absolute atomic E-state index is 10.7. The van der Waals surface area contributed by atoms with Crippen LogP contribution in [0.1, 0.15) is 13.3 Å². The molecule has 4 nitrogen and oxygen atoms in total. The molecule has 0 aromatic heterocycles. The minimum atomic E-state index is -3.03. The molecule has 0 spiro atoms. The van der Waals surface area contributed by atoms with Gasteiger partial charge in [-0.25, -0.2) is 13.1 Å². The lowest BCUT2D eigenvalue weighted by Crippen LogP contribution is -2.39. The summed E-state index contributed by atoms with van der Waals surface area (Å²) in [6.07, 6.45) is 2.37. The average Bonchev–Trinajstić information content (AvgIpc) is 2.44. The maximum atomic E-state index is 10.7. The van der Waals surface area contributed by atoms with Gasteiger partial charge in [-0.3, -0.25) is 0 Å². The van der Waals surface area contributed by atoms with Gasteiger partial charge in [0.25, 0.3) is 0 Å². The van der Waals surface area contributed by atoms with Crippen LogP contribution in [0.3, 0.4) is 0 Å². The molecule has 84 valence electrons. The van der Waals surface area contributed by atoms with Gasteiger partial charge in [0.05, 0.1) is 6.26 Å². The van der Waals surface area contributed by atoms with Crippen molar-refractivity contribution in [1.29, 1.82) is 0 Å². The van der Waals surface area contributed by atoms with Gasteiger partial charge in [-0.2, -0.15) is 11.8 Å². The van der Waals surface area contributed by atoms with Crippen LogP contribution in [-0.2, 0) is 10.0 Å². The Morgan fingerprint density at radius 2 is 2.14 bits per heavy atom. The van der Waals surface area contributed by atoms with Gasteiger partial charge in [0, 0.05) is 24.4 Å². The monoisotopic (exact) mass is 238 g/mol. The van der Waals surface area contributed by atoms with E-state index in [0.717, 1.165) is 0 Å². The highest BCUT2D eigenvalue weighted by Crippen LogP contribution is 2.25. The predicted molar refractivity (Wildman–Crippen MR) is 61.2 cm³/mol. The molecule has 2 N–H and O–H groups in total. The number of nitrogens with one attached hydrogen (secondary N) is 2. The molecule has 1 heterocycles. The second kappa shape index (κ2) is 5.34. The van der Waals surface area contributed by atoms with Crippen LogP contribution in [0.4, 0.5) is 0 Å². The third-order valence-electron chi connectivity index (χ3n) is 2.27. The number of hydrogen-bond donors (Lipinski definition) is 2. The second-order valence-corrected chi connectivity index (χ2v) is 6.91. The van der Waals surface area contributed by atoms with Gasteiger partial charge in [-0.05, 0) is 12.2 Å². The molecule has 14 heavy (non-hydrogen) atoms. The third-order valence-corrected chi connectivity index (χ3v) is 4.33. The van der Waals surface area contributed by atoms with E-state index in [4.69, 9.17) is 0 Å². The molecule has 2 atom stereocenters. The van der Waals surface area contributed by atoms with Crippen LogP contribution >= 0.6 is 11.8 Å². The summed E-state index contributed by atoms with van der Waals surface area (Å²) in [5.74, 6) is 1.21. The Labute approximate surface area is 90.3 Å². The van der Waals surface area contributed by atoms with E-state index in [1.54, 1.807) is 0 Å². The van der Waals surface area contributed by atoms with Crippen molar-refractivity contribution in [2.75, 3.05) is 25.1 Å². The molecule has 1 aliphatic rings. The summed E-state index contributed by atoms with van der Waals surface area (Å²) >= 11 is 1.97. The smallest absolute Gasteiger partial charge is 0.208 e. The van der Waals surface area contributed by atoms with Crippen LogP contribution in [-0.4, -0.2) is 44.8 Å². The van der Waals surface area contributed by atoms with Gasteiger partial charge in [0.2, 0.25) is 10.0 Å². The Kier molecular flexibility index (Phi) is 4.69. The number of thioether (sulfide) groups is 1. The fraction of sp³-hybridized carbons (Fsp3) is 1.00. The molecular formula is C8H18N2O2S2. The molecule has 0 saturated carbocycles. The first kappa shape index (κ1) is 12.3. The van der Waals surface area contributed by atoms with Crippen molar-refractivity contribution in [1.82, 2.24) is 10.0 Å². The fourth-order valence-electron chi connectivity index (χ4n) is 1.49. The first-order valence-electron chi connectivity index (χ1n) is 4.78. The van der Waals surface area contributed by atoms with E-state index in [1.807, 2.05) is 11.8 Å². The summed E-state index contributed by atoms with van der Waals surface area (Å²) < 4.78 is 24.0. The molecule has 0 aliphatic carbocycles. The van der Waals surface area contributed by atoms with Crippen molar-refractivity contribution in [2.45, 2.75) is 24.6 Å². The molecule has 1 fully saturated rings. The summed E-state index contributed by atoms with van der Waals surface area (Å²) in [6, 6.07) is 0.543. The number of sulfonamides is 1. The molecule has 0 amide bonds. The van der Waals surface area contributed by atoms with Crippen LogP contribution in [0, 0.1) is 0 Å². The van der Waals surface area contributed by atoms with E-state index in [1.165, 1.54) is 18.4 Å². The van der Waals surface area contributed by atoms with Crippen LogP contribution in [0.2, 0.25) is 0 Å². The van der Waals surface area contributed by atoms with Crippen molar-refractivity contribution >= 4 is 21.8 Å². The zero-order chi connectivity index (χ0) is 10.6. The summed E-state index contributed by atoms with van der Waals surface area (Å²) in [5.41, 5.74) is 0. The van der Waals surface area contributed by atoms with Gasteiger partial charge in [-0.15, -0.1) is 0 Å². The summed E-state index contributed by atoms with van der Waals surface area (Å²) in [6.45, 7) is 3.40. The quantitative estimate of drug-likeness (QED) is 0.663. The van der Waals surface area contributed by atoms with Gasteiger partial charge in [-0.1, -0.05) is 6.92 Å². The highest BCUT2D eigenvalue weighted by atomic mass is 32.2. The summed E-state index contributed by atoms with van der Waals surface area (Å²) in [7, 11) is -3.03. The third kappa shape index (κ3) is 4.63. The molecule has 0 radical (unpaired) electrons. The number of hydrogen-bond acceptors (Lipinski definition) is 4. The lowest BCUT2D eigenvalue weighted by atomic mass is 10.2. The van der Waals surface area contributed by atoms with Crippen LogP contribution < -0.4 is 10.0 Å². The van der Waals surface area contributed by atoms with Crippen molar-refractivity contribution in [3.05, 3.63) is 0 Å². The van der Waals surface area contributed by atoms with E-state index < -0.39 is 10.0 Å². The first-order valence-corrected chi connectivity index (χ1v) is 7.72. The molecule has 1 rings (SSSR count). The minimum absolute atomic E-state index is 0.479. The molecule has 0 aromatic rings. The summed E-state index contributed by atoms with van der Waals surface area (Å²) in [4.78, 5) is 0. The zero-order valence-corrected chi connectivity index (χ0v) is 10.2. The maximum Gasteiger partial charge on any atom is 0.208 e. The minimum Gasteiger partial charge on any atom is -0.312 e. The lowest BCUT2D eigenvalue weighted by Gasteiger charge is -2.16. The molecule has 1 aliphatic heterocycles. The standard InChI is InChI=1S/C8H18N2O2S2/c1-7-8(3-6-13-7)9-4-5-10-14(2,11)12/h7-10H,3-6H2,1-2H3. The zero-order valence-electron chi connectivity index (χ0n) is 8.62. The van der Waals surface area contributed by atoms with E-state index in [0.29, 0.717) is 24.4 Å². The van der Waals surface area contributed by atoms with Crippen molar-refractivity contribution in [3.63, 3.8) is 0 Å². The van der Waals surface area contributed by atoms with Gasteiger partial charge in [0.1, 0.15) is 0 Å². The largest absolute Gasteiger partial charge is 0.312 e. The number of rotatable bonds is 5. The van der Waals surface area contributed by atoms with E-state index in [9.17, 15) is 8.42 Å². The van der Waals surface area contributed by atoms with E-state index in [-0.39, 0.29) is 0 Å². The lowest BCUT2D eigenvalue weighted by molar-refractivity contribution is 0.511. The molecule has 1 saturated heterocycles. The van der Waals surface area contributed by atoms with Crippen LogP contribution in [0.15, 0.2) is 0 Å². The van der Waals surface area contributed by atoms with Crippen molar-refractivity contribution < 1.29 is 8.42 Å². The van der Waals surface area contributed by atoms with Gasteiger partial charge in [0.15, 0.2) is 0 Å². The normalized spacial score (nSPS) is 28.1. The Bertz CT molecular complexity index is 267. The molecule has 0 aromatic carbocycles. The Hall–Kier alpha value is 0.220. The molecule has 0 bridgehead atoms. The highest BCUT2D eigenvalue weighted by molar-refractivity contribution is 8.00. The fourth-order valence-corrected chi connectivity index (χ4v) is 3.19. The van der Waals surface area contributed by atoms with Crippen LogP contribution in [0.5, 0.6) is 0 Å². The second-order valence-electron chi connectivity index (χ2n) is 3.59. The van der Waals surface area contributed by atoms with E-state index in [2.05, 4.69) is 17.0 Å². The van der Waals surface area contributed by atoms with Crippen molar-refractivity contribution in [2.24, 2.45) is 0 Å². The topological polar surface area (TPSA) is 58.2 Å². The van der Waals surface area contributed by atoms with Gasteiger partial charge < -0.3 is 5.32 Å². The van der Waals surface area contributed by atoms with E-state index >= 15 is 0 Å². The van der Waals surface area contributed by atoms with Gasteiger partial charge >= 0.3 is 0 Å². The SMILES string of the molecule is CC1SCCC1NCCNS(C)(=O)=O. The molecule has 2 unspecified atom stereocenters. The first-order chi connectivity index (χ1) is 6.49. The predicted octanol–water partition coefficient (Wildman–Crippen LogP) is 0.0192.